The number of nitrogens with zero attached hydrogens (tertiary/aromatic N) is 2. The minimum Gasteiger partial charge on any atom is -0.369 e. The van der Waals surface area contributed by atoms with Crippen LogP contribution < -0.4 is 5.73 Å². The molecule has 6 heteroatoms. The highest BCUT2D eigenvalue weighted by Crippen LogP contribution is 2.26. The molecule has 2 N–H and O–H groups in total. The van der Waals surface area contributed by atoms with Crippen LogP contribution in [0.4, 0.5) is 10.3 Å². The number of nitrogen functional groups attached to an aromatic ring is 1. The first-order valence-electron chi connectivity index (χ1n) is 5.90. The van der Waals surface area contributed by atoms with E-state index in [2.05, 4.69) is 4.98 Å². The summed E-state index contributed by atoms with van der Waals surface area (Å²) in [6, 6.07) is 10.1. The Hall–Kier alpha value is -1.78. The Balaban J connectivity index is 2.08. The molecule has 2 aromatic carbocycles. The summed E-state index contributed by atoms with van der Waals surface area (Å²) in [6.07, 6.45) is 0. The van der Waals surface area contributed by atoms with Crippen molar-refractivity contribution in [3.63, 3.8) is 0 Å². The normalized spacial score (nSPS) is 11.2. The van der Waals surface area contributed by atoms with E-state index in [1.807, 2.05) is 16.7 Å². The smallest absolute Gasteiger partial charge is 0.201 e. The lowest BCUT2D eigenvalue weighted by atomic mass is 10.2. The van der Waals surface area contributed by atoms with Gasteiger partial charge in [0.2, 0.25) is 5.95 Å². The second-order valence-corrected chi connectivity index (χ2v) is 5.23. The Labute approximate surface area is 124 Å². The first-order valence-corrected chi connectivity index (χ1v) is 6.66. The highest BCUT2D eigenvalue weighted by atomic mass is 35.5. The van der Waals surface area contributed by atoms with Crippen molar-refractivity contribution in [1.29, 1.82) is 0 Å². The average Bonchev–Trinajstić information content (AvgIpc) is 2.73. The number of rotatable bonds is 2. The molecule has 3 rings (SSSR count). The second kappa shape index (κ2) is 4.96. The lowest BCUT2D eigenvalue weighted by Crippen LogP contribution is -2.04. The molecule has 0 aliphatic rings. The summed E-state index contributed by atoms with van der Waals surface area (Å²) in [4.78, 5) is 4.25. The summed E-state index contributed by atoms with van der Waals surface area (Å²) in [5.74, 6) is -0.0875. The molecule has 3 nitrogen and oxygen atoms in total. The van der Waals surface area contributed by atoms with Gasteiger partial charge in [-0.15, -0.1) is 0 Å². The number of hydrogen-bond donors (Lipinski definition) is 1. The lowest BCUT2D eigenvalue weighted by Gasteiger charge is -2.07. The van der Waals surface area contributed by atoms with Gasteiger partial charge in [-0.2, -0.15) is 0 Å². The zero-order chi connectivity index (χ0) is 14.3. The molecule has 0 saturated heterocycles. The van der Waals surface area contributed by atoms with Gasteiger partial charge in [-0.05, 0) is 29.8 Å². The average molecular weight is 310 g/mol. The summed E-state index contributed by atoms with van der Waals surface area (Å²) in [5, 5.41) is 0.633. The van der Waals surface area contributed by atoms with E-state index in [1.54, 1.807) is 18.2 Å². The highest BCUT2D eigenvalue weighted by molar-refractivity contribution is 6.35. The molecule has 0 radical (unpaired) electrons. The summed E-state index contributed by atoms with van der Waals surface area (Å²) in [6.45, 7) is 0.447. The molecular weight excluding hydrogens is 300 g/mol. The fourth-order valence-electron chi connectivity index (χ4n) is 2.12. The zero-order valence-corrected chi connectivity index (χ0v) is 11.8. The van der Waals surface area contributed by atoms with Gasteiger partial charge < -0.3 is 10.3 Å². The van der Waals surface area contributed by atoms with Gasteiger partial charge in [-0.1, -0.05) is 35.3 Å². The third kappa shape index (κ3) is 2.21. The van der Waals surface area contributed by atoms with Gasteiger partial charge in [0.1, 0.15) is 11.3 Å². The zero-order valence-electron chi connectivity index (χ0n) is 10.3. The summed E-state index contributed by atoms with van der Waals surface area (Å²) in [7, 11) is 0. The van der Waals surface area contributed by atoms with Crippen molar-refractivity contribution in [3.8, 4) is 0 Å². The van der Waals surface area contributed by atoms with Crippen LogP contribution in [0.25, 0.3) is 11.0 Å². The Morgan fingerprint density at radius 2 is 1.95 bits per heavy atom. The Bertz CT molecular complexity index is 798. The predicted octanol–water partition coefficient (Wildman–Crippen LogP) is 4.11. The van der Waals surface area contributed by atoms with Gasteiger partial charge in [0, 0.05) is 0 Å². The van der Waals surface area contributed by atoms with Gasteiger partial charge in [0.15, 0.2) is 0 Å². The molecule has 0 aliphatic carbocycles. The van der Waals surface area contributed by atoms with Gasteiger partial charge >= 0.3 is 0 Å². The minimum absolute atomic E-state index is 0.0866. The van der Waals surface area contributed by atoms with E-state index < -0.39 is 5.82 Å². The van der Waals surface area contributed by atoms with Crippen LogP contribution in [0.2, 0.25) is 10.0 Å². The quantitative estimate of drug-likeness (QED) is 0.774. The number of hydrogen-bond acceptors (Lipinski definition) is 2. The van der Waals surface area contributed by atoms with Crippen LogP contribution in [0.1, 0.15) is 5.56 Å². The van der Waals surface area contributed by atoms with E-state index in [1.165, 1.54) is 6.07 Å². The molecule has 0 fully saturated rings. The summed E-state index contributed by atoms with van der Waals surface area (Å²) in [5.41, 5.74) is 8.24. The Morgan fingerprint density at radius 3 is 2.70 bits per heavy atom. The number of anilines is 1. The first kappa shape index (κ1) is 13.2. The highest BCUT2D eigenvalue weighted by Gasteiger charge is 2.11. The molecule has 1 aromatic heterocycles. The van der Waals surface area contributed by atoms with Gasteiger partial charge in [0.25, 0.3) is 0 Å². The molecule has 0 unspecified atom stereocenters. The minimum atomic E-state index is -0.443. The van der Waals surface area contributed by atoms with Crippen molar-refractivity contribution < 1.29 is 4.39 Å². The molecule has 0 aliphatic heterocycles. The maximum Gasteiger partial charge on any atom is 0.201 e. The number of imidazole rings is 1. The Morgan fingerprint density at radius 1 is 1.15 bits per heavy atom. The van der Waals surface area contributed by atoms with Crippen molar-refractivity contribution in [1.82, 2.24) is 9.55 Å². The number of benzene rings is 2. The maximum atomic E-state index is 13.2. The van der Waals surface area contributed by atoms with E-state index in [0.29, 0.717) is 23.0 Å². The topological polar surface area (TPSA) is 43.8 Å². The monoisotopic (exact) mass is 309 g/mol. The molecule has 1 heterocycles. The fraction of sp³-hybridized carbons (Fsp3) is 0.0714. The molecule has 0 atom stereocenters. The van der Waals surface area contributed by atoms with Crippen LogP contribution in [-0.2, 0) is 6.54 Å². The molecule has 3 aromatic rings. The van der Waals surface area contributed by atoms with Gasteiger partial charge in [0.05, 0.1) is 22.1 Å². The van der Waals surface area contributed by atoms with Crippen LogP contribution >= 0.6 is 23.2 Å². The first-order chi connectivity index (χ1) is 9.56. The van der Waals surface area contributed by atoms with E-state index in [9.17, 15) is 4.39 Å². The van der Waals surface area contributed by atoms with Crippen LogP contribution in [0.3, 0.4) is 0 Å². The van der Waals surface area contributed by atoms with Crippen LogP contribution in [0.5, 0.6) is 0 Å². The number of para-hydroxylation sites is 1. The third-order valence-corrected chi connectivity index (χ3v) is 3.68. The fourth-order valence-corrected chi connectivity index (χ4v) is 2.53. The largest absolute Gasteiger partial charge is 0.369 e. The summed E-state index contributed by atoms with van der Waals surface area (Å²) >= 11 is 11.9. The third-order valence-electron chi connectivity index (χ3n) is 3.08. The molecule has 0 bridgehead atoms. The summed E-state index contributed by atoms with van der Waals surface area (Å²) < 4.78 is 15.0. The number of fused-ring (bicyclic) bond motifs is 1. The Kier molecular flexibility index (Phi) is 3.28. The molecular formula is C14H10Cl2FN3. The number of nitrogens with two attached hydrogens (primary N) is 1. The molecule has 0 spiro atoms. The van der Waals surface area contributed by atoms with Gasteiger partial charge in [-0.25, -0.2) is 9.37 Å². The maximum absolute atomic E-state index is 13.2. The van der Waals surface area contributed by atoms with Crippen molar-refractivity contribution in [2.45, 2.75) is 6.54 Å². The van der Waals surface area contributed by atoms with E-state index >= 15 is 0 Å². The predicted molar refractivity (Wildman–Crippen MR) is 79.7 cm³/mol. The van der Waals surface area contributed by atoms with E-state index in [4.69, 9.17) is 28.9 Å². The molecule has 102 valence electrons. The lowest BCUT2D eigenvalue weighted by molar-refractivity contribution is 0.627. The van der Waals surface area contributed by atoms with Crippen molar-refractivity contribution in [3.05, 3.63) is 57.8 Å². The van der Waals surface area contributed by atoms with E-state index in [-0.39, 0.29) is 5.02 Å². The second-order valence-electron chi connectivity index (χ2n) is 4.41. The molecule has 0 amide bonds. The van der Waals surface area contributed by atoms with Crippen LogP contribution in [-0.4, -0.2) is 9.55 Å². The standard InChI is InChI=1S/C14H10Cl2FN3/c15-9-2-1-3-12-13(9)19-14(18)20(12)7-8-4-5-11(17)10(16)6-8/h1-6H,7H2,(H2,18,19). The van der Waals surface area contributed by atoms with Crippen molar-refractivity contribution in [2.24, 2.45) is 0 Å². The molecule has 0 saturated carbocycles. The number of halogens is 3. The number of aromatic nitrogens is 2. The SMILES string of the molecule is Nc1nc2c(Cl)cccc2n1Cc1ccc(F)c(Cl)c1. The molecule has 20 heavy (non-hydrogen) atoms. The van der Waals surface area contributed by atoms with Crippen LogP contribution in [0.15, 0.2) is 36.4 Å². The van der Waals surface area contributed by atoms with Crippen molar-refractivity contribution >= 4 is 40.2 Å². The van der Waals surface area contributed by atoms with E-state index in [0.717, 1.165) is 11.1 Å². The van der Waals surface area contributed by atoms with Gasteiger partial charge in [-0.3, -0.25) is 0 Å². The van der Waals surface area contributed by atoms with Crippen molar-refractivity contribution in [2.75, 3.05) is 5.73 Å². The van der Waals surface area contributed by atoms with Crippen LogP contribution in [0, 0.1) is 5.82 Å².